The molecular formula is C12H22O3. The summed E-state index contributed by atoms with van der Waals surface area (Å²) < 4.78 is 10.1. The summed E-state index contributed by atoms with van der Waals surface area (Å²) in [5, 5.41) is 0. The number of esters is 1. The number of carbonyl (C=O) groups is 1. The van der Waals surface area contributed by atoms with E-state index in [1.54, 1.807) is 0 Å². The van der Waals surface area contributed by atoms with E-state index in [1.165, 1.54) is 0 Å². The average molecular weight is 214 g/mol. The quantitative estimate of drug-likeness (QED) is 0.336. The summed E-state index contributed by atoms with van der Waals surface area (Å²) in [5.74, 6) is -0.0904. The largest absolute Gasteiger partial charge is 0.466 e. The first kappa shape index (κ1) is 14.2. The van der Waals surface area contributed by atoms with Gasteiger partial charge < -0.3 is 9.47 Å². The number of hydrogen-bond donors (Lipinski definition) is 0. The highest BCUT2D eigenvalue weighted by atomic mass is 16.5. The molecule has 0 N–H and O–H groups in total. The molecule has 0 amide bonds. The van der Waals surface area contributed by atoms with Crippen LogP contribution in [-0.2, 0) is 14.3 Å². The van der Waals surface area contributed by atoms with Crippen molar-refractivity contribution in [1.82, 2.24) is 0 Å². The van der Waals surface area contributed by atoms with Crippen LogP contribution >= 0.6 is 0 Å². The zero-order chi connectivity index (χ0) is 11.4. The SMILES string of the molecule is CC=CCOCCCCCC(=O)OCC. The first-order valence-corrected chi connectivity index (χ1v) is 5.65. The fourth-order valence-electron chi connectivity index (χ4n) is 1.13. The predicted molar refractivity (Wildman–Crippen MR) is 60.7 cm³/mol. The smallest absolute Gasteiger partial charge is 0.305 e. The molecule has 0 aliphatic rings. The molecule has 0 radical (unpaired) electrons. The summed E-state index contributed by atoms with van der Waals surface area (Å²) in [5.41, 5.74) is 0. The van der Waals surface area contributed by atoms with Crippen LogP contribution < -0.4 is 0 Å². The molecule has 0 aromatic rings. The maximum atomic E-state index is 11.0. The van der Waals surface area contributed by atoms with Crippen molar-refractivity contribution < 1.29 is 14.3 Å². The number of allylic oxidation sites excluding steroid dienone is 1. The Morgan fingerprint density at radius 3 is 2.73 bits per heavy atom. The zero-order valence-electron chi connectivity index (χ0n) is 9.83. The van der Waals surface area contributed by atoms with Gasteiger partial charge in [0.2, 0.25) is 0 Å². The van der Waals surface area contributed by atoms with Crippen molar-refractivity contribution in [2.75, 3.05) is 19.8 Å². The molecule has 0 saturated carbocycles. The van der Waals surface area contributed by atoms with E-state index in [1.807, 2.05) is 26.0 Å². The molecule has 0 aromatic carbocycles. The highest BCUT2D eigenvalue weighted by molar-refractivity contribution is 5.69. The van der Waals surface area contributed by atoms with Gasteiger partial charge in [0.25, 0.3) is 0 Å². The Balaban J connectivity index is 3.07. The molecule has 0 aliphatic heterocycles. The van der Waals surface area contributed by atoms with E-state index < -0.39 is 0 Å². The van der Waals surface area contributed by atoms with Crippen LogP contribution in [0, 0.1) is 0 Å². The minimum Gasteiger partial charge on any atom is -0.466 e. The van der Waals surface area contributed by atoms with E-state index in [0.29, 0.717) is 19.6 Å². The van der Waals surface area contributed by atoms with Crippen molar-refractivity contribution in [2.24, 2.45) is 0 Å². The predicted octanol–water partition coefficient (Wildman–Crippen LogP) is 2.70. The number of hydrogen-bond acceptors (Lipinski definition) is 3. The Kier molecular flexibility index (Phi) is 10.6. The molecule has 0 fully saturated rings. The van der Waals surface area contributed by atoms with E-state index in [-0.39, 0.29) is 5.97 Å². The van der Waals surface area contributed by atoms with Crippen molar-refractivity contribution in [3.8, 4) is 0 Å². The number of unbranched alkanes of at least 4 members (excludes halogenated alkanes) is 2. The molecule has 0 saturated heterocycles. The van der Waals surface area contributed by atoms with Gasteiger partial charge in [-0.1, -0.05) is 18.6 Å². The van der Waals surface area contributed by atoms with E-state index >= 15 is 0 Å². The summed E-state index contributed by atoms with van der Waals surface area (Å²) >= 11 is 0. The maximum Gasteiger partial charge on any atom is 0.305 e. The molecule has 0 aliphatic carbocycles. The fraction of sp³-hybridized carbons (Fsp3) is 0.750. The van der Waals surface area contributed by atoms with Gasteiger partial charge in [-0.05, 0) is 26.7 Å². The third kappa shape index (κ3) is 11.1. The molecule has 3 nitrogen and oxygen atoms in total. The topological polar surface area (TPSA) is 35.5 Å². The van der Waals surface area contributed by atoms with Crippen molar-refractivity contribution in [3.05, 3.63) is 12.2 Å². The van der Waals surface area contributed by atoms with Crippen LogP contribution in [0.25, 0.3) is 0 Å². The zero-order valence-corrected chi connectivity index (χ0v) is 9.83. The van der Waals surface area contributed by atoms with Crippen LogP contribution in [0.2, 0.25) is 0 Å². The first-order chi connectivity index (χ1) is 7.31. The van der Waals surface area contributed by atoms with E-state index in [0.717, 1.165) is 25.9 Å². The number of ether oxygens (including phenoxy) is 2. The summed E-state index contributed by atoms with van der Waals surface area (Å²) in [6.45, 7) is 5.74. The number of rotatable bonds is 9. The molecule has 0 unspecified atom stereocenters. The summed E-state index contributed by atoms with van der Waals surface area (Å²) in [6, 6.07) is 0. The Hall–Kier alpha value is -0.830. The Labute approximate surface area is 92.5 Å². The lowest BCUT2D eigenvalue weighted by Gasteiger charge is -2.02. The minimum atomic E-state index is -0.0904. The molecule has 0 aromatic heterocycles. The highest BCUT2D eigenvalue weighted by Crippen LogP contribution is 2.01. The first-order valence-electron chi connectivity index (χ1n) is 5.65. The minimum absolute atomic E-state index is 0.0904. The van der Waals surface area contributed by atoms with E-state index in [9.17, 15) is 4.79 Å². The standard InChI is InChI=1S/C12H22O3/c1-3-5-10-14-11-8-6-7-9-12(13)15-4-2/h3,5H,4,6-11H2,1-2H3. The molecule has 0 spiro atoms. The molecule has 0 heterocycles. The molecular weight excluding hydrogens is 192 g/mol. The van der Waals surface area contributed by atoms with Gasteiger partial charge in [-0.2, -0.15) is 0 Å². The fourth-order valence-corrected chi connectivity index (χ4v) is 1.13. The second-order valence-corrected chi connectivity index (χ2v) is 3.26. The van der Waals surface area contributed by atoms with Crippen molar-refractivity contribution in [3.63, 3.8) is 0 Å². The van der Waals surface area contributed by atoms with Gasteiger partial charge in [-0.3, -0.25) is 4.79 Å². The third-order valence-electron chi connectivity index (χ3n) is 1.92. The van der Waals surface area contributed by atoms with E-state index in [4.69, 9.17) is 9.47 Å². The molecule has 88 valence electrons. The van der Waals surface area contributed by atoms with E-state index in [2.05, 4.69) is 0 Å². The van der Waals surface area contributed by atoms with Crippen LogP contribution in [0.4, 0.5) is 0 Å². The molecule has 0 rings (SSSR count). The molecule has 15 heavy (non-hydrogen) atoms. The monoisotopic (exact) mass is 214 g/mol. The van der Waals surface area contributed by atoms with Crippen molar-refractivity contribution in [1.29, 1.82) is 0 Å². The summed E-state index contributed by atoms with van der Waals surface area (Å²) in [7, 11) is 0. The van der Waals surface area contributed by atoms with Crippen molar-refractivity contribution in [2.45, 2.75) is 39.5 Å². The highest BCUT2D eigenvalue weighted by Gasteiger charge is 2.00. The van der Waals surface area contributed by atoms with Gasteiger partial charge in [0.15, 0.2) is 0 Å². The summed E-state index contributed by atoms with van der Waals surface area (Å²) in [4.78, 5) is 11.0. The van der Waals surface area contributed by atoms with Gasteiger partial charge >= 0.3 is 5.97 Å². The Bertz CT molecular complexity index is 176. The second kappa shape index (κ2) is 11.2. The maximum absolute atomic E-state index is 11.0. The summed E-state index contributed by atoms with van der Waals surface area (Å²) in [6.07, 6.45) is 7.42. The molecule has 3 heteroatoms. The lowest BCUT2D eigenvalue weighted by atomic mass is 10.2. The molecule has 0 bridgehead atoms. The van der Waals surface area contributed by atoms with Gasteiger partial charge in [-0.25, -0.2) is 0 Å². The van der Waals surface area contributed by atoms with Crippen LogP contribution in [0.3, 0.4) is 0 Å². The Morgan fingerprint density at radius 2 is 2.07 bits per heavy atom. The third-order valence-corrected chi connectivity index (χ3v) is 1.92. The lowest BCUT2D eigenvalue weighted by Crippen LogP contribution is -2.03. The van der Waals surface area contributed by atoms with Gasteiger partial charge in [0, 0.05) is 13.0 Å². The van der Waals surface area contributed by atoms with Gasteiger partial charge in [0.05, 0.1) is 13.2 Å². The Morgan fingerprint density at radius 1 is 1.27 bits per heavy atom. The van der Waals surface area contributed by atoms with Crippen molar-refractivity contribution >= 4 is 5.97 Å². The van der Waals surface area contributed by atoms with Crippen LogP contribution in [-0.4, -0.2) is 25.8 Å². The average Bonchev–Trinajstić information content (AvgIpc) is 2.22. The number of carbonyl (C=O) groups excluding carboxylic acids is 1. The van der Waals surface area contributed by atoms with Gasteiger partial charge in [-0.15, -0.1) is 0 Å². The van der Waals surface area contributed by atoms with Crippen LogP contribution in [0.15, 0.2) is 12.2 Å². The second-order valence-electron chi connectivity index (χ2n) is 3.26. The van der Waals surface area contributed by atoms with Crippen LogP contribution in [0.1, 0.15) is 39.5 Å². The lowest BCUT2D eigenvalue weighted by molar-refractivity contribution is -0.143. The molecule has 0 atom stereocenters. The van der Waals surface area contributed by atoms with Gasteiger partial charge in [0.1, 0.15) is 0 Å². The normalized spacial score (nSPS) is 10.8. The van der Waals surface area contributed by atoms with Crippen LogP contribution in [0.5, 0.6) is 0 Å².